The van der Waals surface area contributed by atoms with E-state index < -0.39 is 35.2 Å². The number of aromatic nitrogens is 6. The molecule has 0 aliphatic carbocycles. The van der Waals surface area contributed by atoms with Crippen LogP contribution in [0.4, 0.5) is 0 Å². The van der Waals surface area contributed by atoms with Gasteiger partial charge in [-0.3, -0.25) is 19.9 Å². The third-order valence-electron chi connectivity index (χ3n) is 5.66. The summed E-state index contributed by atoms with van der Waals surface area (Å²) < 4.78 is 1.39. The first-order valence-electron chi connectivity index (χ1n) is 10.8. The van der Waals surface area contributed by atoms with Gasteiger partial charge in [0.05, 0.1) is 0 Å². The first kappa shape index (κ1) is 27.1. The molecule has 1 fully saturated rings. The van der Waals surface area contributed by atoms with Gasteiger partial charge in [-0.05, 0) is 22.1 Å². The molecule has 0 spiro atoms. The average molecular weight is 609 g/mol. The summed E-state index contributed by atoms with van der Waals surface area (Å²) in [6.45, 7) is 0. The Hall–Kier alpha value is -4.50. The quantitative estimate of drug-likeness (QED) is 0.0621. The number of hydrogen-bond donors (Lipinski definition) is 5. The molecule has 40 heavy (non-hydrogen) atoms. The molecule has 1 saturated heterocycles. The van der Waals surface area contributed by atoms with E-state index in [1.54, 1.807) is 0 Å². The second-order valence-corrected chi connectivity index (χ2v) is 10.9. The summed E-state index contributed by atoms with van der Waals surface area (Å²) in [6, 6.07) is 0.178. The Morgan fingerprint density at radius 2 is 2.10 bits per heavy atom. The standard InChI is InChI=1S/C19H16N10O8S3/c1-37-24-10(8-5-40-19(20)28(8)36)14(30)21-11-15(31)27-12(18(34)35)6(4-39-16(11)27)3-38-9-2-7(17(32)33)13-22-25-26-29(13)23-9/h2,5,11,16,20,36H,3-4H2,1H3,(H,21,30)(H,32,33)(H,34,35)/t11-,16+/m1/s1. The van der Waals surface area contributed by atoms with Crippen LogP contribution in [0.15, 0.2) is 32.9 Å². The van der Waals surface area contributed by atoms with E-state index in [1.807, 2.05) is 0 Å². The third-order valence-corrected chi connectivity index (χ3v) is 8.72. The van der Waals surface area contributed by atoms with Crippen LogP contribution >= 0.6 is 34.9 Å². The van der Waals surface area contributed by atoms with E-state index in [2.05, 4.69) is 35.9 Å². The van der Waals surface area contributed by atoms with Gasteiger partial charge < -0.3 is 25.6 Å². The van der Waals surface area contributed by atoms with Crippen molar-refractivity contribution in [3.8, 4) is 0 Å². The van der Waals surface area contributed by atoms with Crippen molar-refractivity contribution in [1.82, 2.24) is 40.2 Å². The van der Waals surface area contributed by atoms with Crippen molar-refractivity contribution in [3.05, 3.63) is 38.8 Å². The number of β-lactam (4-membered cyclic amide) rings is 1. The Morgan fingerprint density at radius 3 is 2.75 bits per heavy atom. The van der Waals surface area contributed by atoms with Crippen LogP contribution < -0.4 is 10.1 Å². The Balaban J connectivity index is 1.34. The lowest BCUT2D eigenvalue weighted by Crippen LogP contribution is -2.71. The number of carbonyl (C=O) groups excluding carboxylic acids is 2. The molecule has 0 unspecified atom stereocenters. The molecule has 0 aromatic carbocycles. The van der Waals surface area contributed by atoms with E-state index in [4.69, 9.17) is 5.41 Å². The highest BCUT2D eigenvalue weighted by atomic mass is 32.2. The van der Waals surface area contributed by atoms with Gasteiger partial charge in [0, 0.05) is 16.9 Å². The predicted octanol–water partition coefficient (Wildman–Crippen LogP) is -1.32. The SMILES string of the molecule is CON=C(C(=O)N[C@@H]1C(=O)N2C(C(=O)O)=C(CSc3cc(C(=O)O)c4nnnn4n3)CS[C@@H]12)c1csc(=N)n1O. The highest BCUT2D eigenvalue weighted by Crippen LogP contribution is 2.41. The van der Waals surface area contributed by atoms with E-state index in [0.29, 0.717) is 10.3 Å². The predicted molar refractivity (Wildman–Crippen MR) is 135 cm³/mol. The minimum Gasteiger partial charge on any atom is -0.478 e. The highest BCUT2D eigenvalue weighted by Gasteiger charge is 2.54. The maximum atomic E-state index is 13.0. The molecule has 5 heterocycles. The van der Waals surface area contributed by atoms with Crippen molar-refractivity contribution in [3.63, 3.8) is 0 Å². The topological polar surface area (TPSA) is 251 Å². The second-order valence-electron chi connectivity index (χ2n) is 7.96. The largest absolute Gasteiger partial charge is 0.478 e. The van der Waals surface area contributed by atoms with Crippen molar-refractivity contribution < 1.29 is 39.4 Å². The van der Waals surface area contributed by atoms with Crippen LogP contribution in [0.3, 0.4) is 0 Å². The number of carboxylic acids is 2. The molecule has 0 radical (unpaired) electrons. The fraction of sp³-hybridized carbons (Fsp3) is 0.263. The first-order valence-corrected chi connectivity index (χ1v) is 13.8. The van der Waals surface area contributed by atoms with Gasteiger partial charge in [-0.15, -0.1) is 37.9 Å². The lowest BCUT2D eigenvalue weighted by Gasteiger charge is -2.49. The van der Waals surface area contributed by atoms with Crippen LogP contribution in [0.2, 0.25) is 0 Å². The summed E-state index contributed by atoms with van der Waals surface area (Å²) in [5.41, 5.74) is -0.607. The highest BCUT2D eigenvalue weighted by molar-refractivity contribution is 8.01. The van der Waals surface area contributed by atoms with Crippen molar-refractivity contribution in [1.29, 1.82) is 5.41 Å². The maximum Gasteiger partial charge on any atom is 0.352 e. The lowest BCUT2D eigenvalue weighted by atomic mass is 10.0. The van der Waals surface area contributed by atoms with Crippen LogP contribution in [0, 0.1) is 5.41 Å². The zero-order valence-electron chi connectivity index (χ0n) is 19.9. The molecule has 21 heteroatoms. The number of hydrogen-bond acceptors (Lipinski definition) is 15. The molecule has 5 N–H and O–H groups in total. The number of thiazole rings is 1. The number of carboxylic acid groups (broad SMARTS) is 2. The van der Waals surface area contributed by atoms with Crippen LogP contribution in [0.1, 0.15) is 16.1 Å². The van der Waals surface area contributed by atoms with Gasteiger partial charge in [0.1, 0.15) is 40.5 Å². The van der Waals surface area contributed by atoms with E-state index in [1.165, 1.54) is 30.3 Å². The molecule has 3 aromatic rings. The Morgan fingerprint density at radius 1 is 1.32 bits per heavy atom. The lowest BCUT2D eigenvalue weighted by molar-refractivity contribution is -0.150. The van der Waals surface area contributed by atoms with E-state index in [0.717, 1.165) is 32.6 Å². The summed E-state index contributed by atoms with van der Waals surface area (Å²) in [5, 5.41) is 58.6. The number of aromatic carboxylic acids is 1. The minimum atomic E-state index is -1.35. The van der Waals surface area contributed by atoms with Crippen LogP contribution in [-0.2, 0) is 19.2 Å². The molecule has 2 aliphatic heterocycles. The van der Waals surface area contributed by atoms with Crippen LogP contribution in [-0.4, -0.2) is 110 Å². The molecule has 18 nitrogen and oxygen atoms in total. The van der Waals surface area contributed by atoms with Gasteiger partial charge in [-0.1, -0.05) is 16.9 Å². The number of nitrogens with one attached hydrogen (secondary N) is 2. The van der Waals surface area contributed by atoms with Crippen LogP contribution in [0.25, 0.3) is 5.65 Å². The maximum absolute atomic E-state index is 13.0. The number of nitrogens with zero attached hydrogens (tertiary/aromatic N) is 8. The second kappa shape index (κ2) is 10.6. The van der Waals surface area contributed by atoms with Gasteiger partial charge in [0.25, 0.3) is 11.8 Å². The van der Waals surface area contributed by atoms with E-state index in [-0.39, 0.29) is 49.6 Å². The first-order chi connectivity index (χ1) is 19.1. The Bertz CT molecular complexity index is 1690. The van der Waals surface area contributed by atoms with Crippen LogP contribution in [0.5, 0.6) is 0 Å². The van der Waals surface area contributed by atoms with Gasteiger partial charge >= 0.3 is 11.9 Å². The summed E-state index contributed by atoms with van der Waals surface area (Å²) in [6.07, 6.45) is 0. The van der Waals surface area contributed by atoms with Gasteiger partial charge in [0.15, 0.2) is 5.71 Å². The summed E-state index contributed by atoms with van der Waals surface area (Å²) >= 11 is 3.10. The van der Waals surface area contributed by atoms with Gasteiger partial charge in [-0.2, -0.15) is 4.73 Å². The zero-order chi connectivity index (χ0) is 28.7. The van der Waals surface area contributed by atoms with Crippen molar-refractivity contribution in [2.45, 2.75) is 16.4 Å². The Kier molecular flexibility index (Phi) is 7.16. The van der Waals surface area contributed by atoms with E-state index >= 15 is 0 Å². The molecular formula is C19H16N10O8S3. The fourth-order valence-corrected chi connectivity index (χ4v) is 6.89. The number of oxime groups is 1. The number of thioether (sulfide) groups is 2. The minimum absolute atomic E-state index is 0.0516. The Labute approximate surface area is 233 Å². The van der Waals surface area contributed by atoms with Crippen molar-refractivity contribution in [2.75, 3.05) is 18.6 Å². The summed E-state index contributed by atoms with van der Waals surface area (Å²) in [7, 11) is 1.18. The molecule has 208 valence electrons. The van der Waals surface area contributed by atoms with Crippen molar-refractivity contribution in [2.24, 2.45) is 5.16 Å². The fourth-order valence-electron chi connectivity index (χ4n) is 3.89. The van der Waals surface area contributed by atoms with Gasteiger partial charge in [-0.25, -0.2) is 9.59 Å². The molecular weight excluding hydrogens is 592 g/mol. The van der Waals surface area contributed by atoms with E-state index in [9.17, 15) is 34.6 Å². The molecule has 0 bridgehead atoms. The molecule has 0 saturated carbocycles. The van der Waals surface area contributed by atoms with Crippen molar-refractivity contribution >= 4 is 70.0 Å². The molecule has 2 amide bonds. The molecule has 2 atom stereocenters. The molecule has 2 aliphatic rings. The average Bonchev–Trinajstić information content (AvgIpc) is 3.53. The normalized spacial score (nSPS) is 18.9. The number of tetrazole rings is 1. The third kappa shape index (κ3) is 4.62. The number of amides is 2. The zero-order valence-corrected chi connectivity index (χ0v) is 22.4. The number of aliphatic carboxylic acids is 1. The smallest absolute Gasteiger partial charge is 0.352 e. The summed E-state index contributed by atoms with van der Waals surface area (Å²) in [4.78, 5) is 55.2. The van der Waals surface area contributed by atoms with Gasteiger partial charge in [0.2, 0.25) is 10.4 Å². The summed E-state index contributed by atoms with van der Waals surface area (Å²) in [5.74, 6) is -3.91. The number of carbonyl (C=O) groups is 4. The number of rotatable bonds is 9. The number of fused-ring (bicyclic) bond motifs is 2. The monoisotopic (exact) mass is 608 g/mol. The molecule has 5 rings (SSSR count). The molecule has 3 aromatic heterocycles.